The van der Waals surface area contributed by atoms with E-state index in [2.05, 4.69) is 9.97 Å². The van der Waals surface area contributed by atoms with Crippen molar-refractivity contribution >= 4 is 0 Å². The Bertz CT molecular complexity index is 448. The summed E-state index contributed by atoms with van der Waals surface area (Å²) in [6, 6.07) is 5.48. The molecule has 78 valence electrons. The molecule has 2 heterocycles. The first kappa shape index (κ1) is 9.86. The monoisotopic (exact) mass is 203 g/mol. The third kappa shape index (κ3) is 1.64. The van der Waals surface area contributed by atoms with Gasteiger partial charge in [0.15, 0.2) is 0 Å². The molecule has 0 aromatic carbocycles. The van der Waals surface area contributed by atoms with Crippen LogP contribution in [0.15, 0.2) is 36.9 Å². The van der Waals surface area contributed by atoms with Crippen LogP contribution in [0.3, 0.4) is 0 Å². The first-order chi connectivity index (χ1) is 7.12. The maximum absolute atomic E-state index is 10.4. The third-order valence-corrected chi connectivity index (χ3v) is 2.48. The molecule has 0 spiro atoms. The Kier molecular flexibility index (Phi) is 2.28. The molecule has 2 aromatic rings. The van der Waals surface area contributed by atoms with Gasteiger partial charge in [-0.05, 0) is 19.1 Å². The summed E-state index contributed by atoms with van der Waals surface area (Å²) >= 11 is 0. The first-order valence-corrected chi connectivity index (χ1v) is 4.73. The second-order valence-corrected chi connectivity index (χ2v) is 3.68. The Morgan fingerprint density at radius 1 is 1.40 bits per heavy atom. The van der Waals surface area contributed by atoms with Gasteiger partial charge < -0.3 is 9.67 Å². The van der Waals surface area contributed by atoms with Crippen molar-refractivity contribution in [3.8, 4) is 0 Å². The van der Waals surface area contributed by atoms with Gasteiger partial charge in [0.25, 0.3) is 0 Å². The predicted molar refractivity (Wildman–Crippen MR) is 56.1 cm³/mol. The minimum absolute atomic E-state index is 0.619. The van der Waals surface area contributed by atoms with E-state index in [1.54, 1.807) is 36.3 Å². The second-order valence-electron chi connectivity index (χ2n) is 3.68. The summed E-state index contributed by atoms with van der Waals surface area (Å²) in [6.45, 7) is 1.71. The van der Waals surface area contributed by atoms with Crippen molar-refractivity contribution in [3.63, 3.8) is 0 Å². The largest absolute Gasteiger partial charge is 0.377 e. The van der Waals surface area contributed by atoms with Crippen molar-refractivity contribution < 1.29 is 5.11 Å². The predicted octanol–water partition coefficient (Wildman–Crippen LogP) is 1.07. The van der Waals surface area contributed by atoms with Gasteiger partial charge in [-0.2, -0.15) is 0 Å². The molecule has 1 unspecified atom stereocenters. The average Bonchev–Trinajstić information content (AvgIpc) is 2.66. The lowest BCUT2D eigenvalue weighted by molar-refractivity contribution is 0.0894. The van der Waals surface area contributed by atoms with Gasteiger partial charge in [-0.3, -0.25) is 4.98 Å². The minimum Gasteiger partial charge on any atom is -0.377 e. The maximum atomic E-state index is 10.4. The van der Waals surface area contributed by atoms with Crippen LogP contribution < -0.4 is 0 Å². The second kappa shape index (κ2) is 3.47. The number of nitrogens with zero attached hydrogens (tertiary/aromatic N) is 3. The first-order valence-electron chi connectivity index (χ1n) is 4.73. The highest BCUT2D eigenvalue weighted by atomic mass is 16.3. The molecule has 0 fully saturated rings. The fourth-order valence-corrected chi connectivity index (χ4v) is 1.61. The number of pyridine rings is 1. The average molecular weight is 203 g/mol. The van der Waals surface area contributed by atoms with Crippen LogP contribution in [-0.2, 0) is 12.6 Å². The smallest absolute Gasteiger partial charge is 0.145 e. The van der Waals surface area contributed by atoms with Gasteiger partial charge in [-0.15, -0.1) is 0 Å². The van der Waals surface area contributed by atoms with E-state index in [-0.39, 0.29) is 0 Å². The third-order valence-electron chi connectivity index (χ3n) is 2.48. The Labute approximate surface area is 88.2 Å². The lowest BCUT2D eigenvalue weighted by Crippen LogP contribution is -2.26. The minimum atomic E-state index is -1.10. The molecular formula is C11H13N3O. The van der Waals surface area contributed by atoms with Crippen LogP contribution in [-0.4, -0.2) is 19.6 Å². The lowest BCUT2D eigenvalue weighted by atomic mass is 9.98. The van der Waals surface area contributed by atoms with Gasteiger partial charge in [0.1, 0.15) is 5.60 Å². The molecule has 0 saturated heterocycles. The molecule has 1 atom stereocenters. The van der Waals surface area contributed by atoms with Crippen molar-refractivity contribution in [2.45, 2.75) is 12.5 Å². The molecule has 0 amide bonds. The van der Waals surface area contributed by atoms with E-state index in [1.165, 1.54) is 0 Å². The molecule has 0 radical (unpaired) electrons. The highest BCUT2D eigenvalue weighted by Crippen LogP contribution is 2.26. The molecule has 0 saturated carbocycles. The number of imidazole rings is 1. The number of rotatable bonds is 2. The van der Waals surface area contributed by atoms with Crippen molar-refractivity contribution in [3.05, 3.63) is 48.3 Å². The van der Waals surface area contributed by atoms with Crippen LogP contribution in [0.5, 0.6) is 0 Å². The highest BCUT2D eigenvalue weighted by molar-refractivity contribution is 5.24. The fraction of sp³-hybridized carbons (Fsp3) is 0.273. The molecule has 0 aliphatic heterocycles. The van der Waals surface area contributed by atoms with E-state index >= 15 is 0 Å². The van der Waals surface area contributed by atoms with Crippen LogP contribution in [0, 0.1) is 0 Å². The molecule has 0 aliphatic carbocycles. The van der Waals surface area contributed by atoms with Gasteiger partial charge in [0, 0.05) is 13.2 Å². The van der Waals surface area contributed by atoms with Crippen LogP contribution in [0.2, 0.25) is 0 Å². The molecule has 0 bridgehead atoms. The van der Waals surface area contributed by atoms with E-state index < -0.39 is 5.60 Å². The van der Waals surface area contributed by atoms with Crippen molar-refractivity contribution in [2.75, 3.05) is 0 Å². The number of hydrogen-bond donors (Lipinski definition) is 1. The number of hydrogen-bond acceptors (Lipinski definition) is 3. The zero-order chi connectivity index (χ0) is 10.9. The van der Waals surface area contributed by atoms with Crippen LogP contribution in [0.4, 0.5) is 0 Å². The summed E-state index contributed by atoms with van der Waals surface area (Å²) in [4.78, 5) is 8.15. The molecule has 2 aromatic heterocycles. The Balaban J connectivity index is 2.48. The number of aliphatic hydroxyl groups is 1. The van der Waals surface area contributed by atoms with Crippen LogP contribution >= 0.6 is 0 Å². The van der Waals surface area contributed by atoms with Crippen molar-refractivity contribution in [2.24, 2.45) is 7.05 Å². The van der Waals surface area contributed by atoms with Crippen molar-refractivity contribution in [1.29, 1.82) is 0 Å². The van der Waals surface area contributed by atoms with Crippen LogP contribution in [0.25, 0.3) is 0 Å². The quantitative estimate of drug-likeness (QED) is 0.794. The summed E-state index contributed by atoms with van der Waals surface area (Å²) in [6.07, 6.45) is 4.97. The van der Waals surface area contributed by atoms with Crippen LogP contribution in [0.1, 0.15) is 18.3 Å². The SMILES string of the molecule is Cn1cncc1C(C)(O)c1ccccn1. The van der Waals surface area contributed by atoms with Gasteiger partial charge in [-0.25, -0.2) is 4.98 Å². The zero-order valence-electron chi connectivity index (χ0n) is 8.75. The number of aryl methyl sites for hydroxylation is 1. The summed E-state index contributed by atoms with van der Waals surface area (Å²) in [5.41, 5.74) is 0.238. The van der Waals surface area contributed by atoms with E-state index in [4.69, 9.17) is 0 Å². The van der Waals surface area contributed by atoms with E-state index in [9.17, 15) is 5.11 Å². The zero-order valence-corrected chi connectivity index (χ0v) is 8.75. The Morgan fingerprint density at radius 3 is 2.73 bits per heavy atom. The summed E-state index contributed by atoms with van der Waals surface area (Å²) < 4.78 is 1.79. The molecule has 15 heavy (non-hydrogen) atoms. The number of aromatic nitrogens is 3. The molecule has 4 heteroatoms. The molecule has 4 nitrogen and oxygen atoms in total. The lowest BCUT2D eigenvalue weighted by Gasteiger charge is -2.22. The fourth-order valence-electron chi connectivity index (χ4n) is 1.61. The van der Waals surface area contributed by atoms with E-state index in [0.717, 1.165) is 5.69 Å². The maximum Gasteiger partial charge on any atom is 0.145 e. The molecular weight excluding hydrogens is 190 g/mol. The van der Waals surface area contributed by atoms with Gasteiger partial charge >= 0.3 is 0 Å². The summed E-state index contributed by atoms with van der Waals surface area (Å²) in [5.74, 6) is 0. The van der Waals surface area contributed by atoms with Crippen molar-refractivity contribution in [1.82, 2.24) is 14.5 Å². The Hall–Kier alpha value is -1.68. The molecule has 1 N–H and O–H groups in total. The molecule has 2 rings (SSSR count). The highest BCUT2D eigenvalue weighted by Gasteiger charge is 2.29. The normalized spacial score (nSPS) is 14.9. The topological polar surface area (TPSA) is 50.9 Å². The summed E-state index contributed by atoms with van der Waals surface area (Å²) in [5, 5.41) is 10.4. The summed E-state index contributed by atoms with van der Waals surface area (Å²) in [7, 11) is 1.85. The Morgan fingerprint density at radius 2 is 2.20 bits per heavy atom. The molecule has 0 aliphatic rings. The van der Waals surface area contributed by atoms with E-state index in [0.29, 0.717) is 5.69 Å². The van der Waals surface area contributed by atoms with Gasteiger partial charge in [-0.1, -0.05) is 6.07 Å². The van der Waals surface area contributed by atoms with E-state index in [1.807, 2.05) is 19.2 Å². The van der Waals surface area contributed by atoms with Gasteiger partial charge in [0.2, 0.25) is 0 Å². The standard InChI is InChI=1S/C11H13N3O/c1-11(15,9-5-3-4-6-13-9)10-7-12-8-14(10)2/h3-8,15H,1-2H3. The van der Waals surface area contributed by atoms with Gasteiger partial charge in [0.05, 0.1) is 23.9 Å².